The van der Waals surface area contributed by atoms with Gasteiger partial charge in [0.1, 0.15) is 10.4 Å². The summed E-state index contributed by atoms with van der Waals surface area (Å²) in [7, 11) is 0. The second kappa shape index (κ2) is 7.50. The van der Waals surface area contributed by atoms with Crippen molar-refractivity contribution in [3.05, 3.63) is 27.1 Å². The zero-order valence-corrected chi connectivity index (χ0v) is 18.1. The highest BCUT2D eigenvalue weighted by Crippen LogP contribution is 2.35. The van der Waals surface area contributed by atoms with Crippen molar-refractivity contribution in [2.45, 2.75) is 65.0 Å². The summed E-state index contributed by atoms with van der Waals surface area (Å²) in [6, 6.07) is -0.604. The number of imide groups is 1. The molecule has 0 bridgehead atoms. The minimum atomic E-state index is -0.906. The van der Waals surface area contributed by atoms with E-state index in [-0.39, 0.29) is 18.5 Å². The van der Waals surface area contributed by atoms with E-state index in [2.05, 4.69) is 22.7 Å². The predicted octanol–water partition coefficient (Wildman–Crippen LogP) is 2.00. The molecule has 2 aromatic heterocycles. The van der Waals surface area contributed by atoms with Crippen LogP contribution in [0.1, 0.15) is 49.5 Å². The molecule has 2 aliphatic rings. The number of fused-ring (bicyclic) bond motifs is 1. The summed E-state index contributed by atoms with van der Waals surface area (Å²) in [6.07, 6.45) is 4.23. The second-order valence-corrected chi connectivity index (χ2v) is 9.53. The number of amides is 4. The largest absolute Gasteiger partial charge is 0.344 e. The van der Waals surface area contributed by atoms with Gasteiger partial charge in [0, 0.05) is 17.8 Å². The first-order valence-electron chi connectivity index (χ1n) is 10.1. The van der Waals surface area contributed by atoms with Crippen LogP contribution in [0.2, 0.25) is 0 Å². The normalized spacial score (nSPS) is 24.0. The Morgan fingerprint density at radius 1 is 1.30 bits per heavy atom. The third-order valence-corrected chi connectivity index (χ3v) is 7.38. The van der Waals surface area contributed by atoms with E-state index in [4.69, 9.17) is 0 Å². The molecule has 1 saturated heterocycles. The summed E-state index contributed by atoms with van der Waals surface area (Å²) >= 11 is 1.47. The number of carbonyl (C=O) groups excluding carboxylic acids is 3. The molecule has 10 heteroatoms. The zero-order valence-electron chi connectivity index (χ0n) is 17.3. The molecule has 0 radical (unpaired) electrons. The number of nitrogens with one attached hydrogen (secondary N) is 2. The first-order chi connectivity index (χ1) is 14.2. The molecule has 160 valence electrons. The number of aromatic nitrogens is 2. The number of rotatable bonds is 4. The van der Waals surface area contributed by atoms with Gasteiger partial charge in [-0.15, -0.1) is 11.3 Å². The van der Waals surface area contributed by atoms with Gasteiger partial charge in [0.05, 0.1) is 11.7 Å². The van der Waals surface area contributed by atoms with Crippen LogP contribution in [0, 0.1) is 19.8 Å². The highest BCUT2D eigenvalue weighted by Gasteiger charge is 2.52. The quantitative estimate of drug-likeness (QED) is 0.719. The molecule has 0 atom stereocenters. The molecule has 1 aliphatic carbocycles. The maximum Gasteiger partial charge on any atom is 0.344 e. The van der Waals surface area contributed by atoms with Crippen molar-refractivity contribution in [2.75, 3.05) is 0 Å². The van der Waals surface area contributed by atoms with Crippen LogP contribution in [-0.2, 0) is 16.1 Å². The van der Waals surface area contributed by atoms with Crippen LogP contribution < -0.4 is 16.3 Å². The van der Waals surface area contributed by atoms with Crippen molar-refractivity contribution < 1.29 is 14.4 Å². The van der Waals surface area contributed by atoms with Gasteiger partial charge >= 0.3 is 6.03 Å². The Morgan fingerprint density at radius 2 is 2.00 bits per heavy atom. The number of nitrogens with zero attached hydrogens (tertiary/aromatic N) is 3. The van der Waals surface area contributed by atoms with Gasteiger partial charge in [-0.25, -0.2) is 9.78 Å². The van der Waals surface area contributed by atoms with Crippen LogP contribution >= 0.6 is 11.3 Å². The van der Waals surface area contributed by atoms with Crippen molar-refractivity contribution in [1.82, 2.24) is 25.3 Å². The van der Waals surface area contributed by atoms with Gasteiger partial charge in [-0.3, -0.25) is 24.4 Å². The van der Waals surface area contributed by atoms with Crippen molar-refractivity contribution >= 4 is 39.4 Å². The molecule has 0 aromatic carbocycles. The summed E-state index contributed by atoms with van der Waals surface area (Å²) in [5.41, 5.74) is 2.20. The Kier molecular flexibility index (Phi) is 5.13. The highest BCUT2D eigenvalue weighted by atomic mass is 32.1. The summed E-state index contributed by atoms with van der Waals surface area (Å²) in [6.45, 7) is 6.05. The number of hydrogen-bond donors (Lipinski definition) is 2. The zero-order chi connectivity index (χ0) is 21.6. The average Bonchev–Trinajstić information content (AvgIpc) is 3.12. The average molecular weight is 432 g/mol. The Hall–Kier alpha value is -2.75. The van der Waals surface area contributed by atoms with E-state index < -0.39 is 23.4 Å². The van der Waals surface area contributed by atoms with E-state index in [0.29, 0.717) is 29.0 Å². The molecule has 3 heterocycles. The first kappa shape index (κ1) is 20.5. The minimum absolute atomic E-state index is 0.0592. The maximum absolute atomic E-state index is 12.8. The van der Waals surface area contributed by atoms with Crippen LogP contribution in [0.3, 0.4) is 0 Å². The fourth-order valence-electron chi connectivity index (χ4n) is 4.15. The summed E-state index contributed by atoms with van der Waals surface area (Å²) in [5.74, 6) is -0.397. The molecule has 2 fully saturated rings. The SMILES string of the molecule is Cc1sc2ncn(CCC(=O)NN3C(=O)NC4(CCC(C)CC4)C3=O)c(=O)c2c1C. The van der Waals surface area contributed by atoms with Crippen LogP contribution in [0.5, 0.6) is 0 Å². The lowest BCUT2D eigenvalue weighted by molar-refractivity contribution is -0.140. The third-order valence-electron chi connectivity index (χ3n) is 6.26. The topological polar surface area (TPSA) is 113 Å². The van der Waals surface area contributed by atoms with E-state index in [9.17, 15) is 19.2 Å². The lowest BCUT2D eigenvalue weighted by Crippen LogP contribution is -2.51. The fraction of sp³-hybridized carbons (Fsp3) is 0.550. The van der Waals surface area contributed by atoms with Gasteiger partial charge < -0.3 is 5.32 Å². The number of aryl methyl sites for hydroxylation is 3. The van der Waals surface area contributed by atoms with E-state index in [1.54, 1.807) is 0 Å². The Bertz CT molecular complexity index is 1100. The molecule has 0 unspecified atom stereocenters. The molecule has 4 rings (SSSR count). The van der Waals surface area contributed by atoms with E-state index in [1.165, 1.54) is 22.2 Å². The van der Waals surface area contributed by atoms with Gasteiger partial charge in [-0.05, 0) is 51.0 Å². The monoisotopic (exact) mass is 431 g/mol. The van der Waals surface area contributed by atoms with Crippen molar-refractivity contribution in [1.29, 1.82) is 0 Å². The molecule has 2 aromatic rings. The molecule has 1 saturated carbocycles. The van der Waals surface area contributed by atoms with E-state index in [0.717, 1.165) is 28.3 Å². The van der Waals surface area contributed by atoms with Gasteiger partial charge in [0.15, 0.2) is 0 Å². The van der Waals surface area contributed by atoms with Gasteiger partial charge in [0.2, 0.25) is 5.91 Å². The molecule has 9 nitrogen and oxygen atoms in total. The summed E-state index contributed by atoms with van der Waals surface area (Å²) < 4.78 is 1.39. The minimum Gasteiger partial charge on any atom is -0.322 e. The molecule has 1 spiro atoms. The van der Waals surface area contributed by atoms with E-state index >= 15 is 0 Å². The predicted molar refractivity (Wildman–Crippen MR) is 112 cm³/mol. The second-order valence-electron chi connectivity index (χ2n) is 8.33. The first-order valence-corrected chi connectivity index (χ1v) is 10.9. The number of carbonyl (C=O) groups is 3. The molecular weight excluding hydrogens is 406 g/mol. The van der Waals surface area contributed by atoms with Gasteiger partial charge in [-0.1, -0.05) is 6.92 Å². The van der Waals surface area contributed by atoms with Crippen LogP contribution in [0.15, 0.2) is 11.1 Å². The lowest BCUT2D eigenvalue weighted by Gasteiger charge is -2.33. The van der Waals surface area contributed by atoms with E-state index in [1.807, 2.05) is 13.8 Å². The number of thiophene rings is 1. The molecular formula is C20H25N5O4S. The summed E-state index contributed by atoms with van der Waals surface area (Å²) in [4.78, 5) is 56.3. The molecule has 1 aliphatic heterocycles. The third kappa shape index (κ3) is 3.38. The number of urea groups is 1. The number of hydrogen-bond acceptors (Lipinski definition) is 6. The molecule has 4 amide bonds. The van der Waals surface area contributed by atoms with Crippen molar-refractivity contribution in [3.63, 3.8) is 0 Å². The van der Waals surface area contributed by atoms with Crippen molar-refractivity contribution in [3.8, 4) is 0 Å². The van der Waals surface area contributed by atoms with Gasteiger partial charge in [-0.2, -0.15) is 5.01 Å². The molecule has 2 N–H and O–H groups in total. The lowest BCUT2D eigenvalue weighted by atomic mass is 9.77. The van der Waals surface area contributed by atoms with Crippen molar-refractivity contribution in [2.24, 2.45) is 5.92 Å². The Balaban J connectivity index is 1.42. The van der Waals surface area contributed by atoms with Gasteiger partial charge in [0.25, 0.3) is 11.5 Å². The van der Waals surface area contributed by atoms with Crippen LogP contribution in [0.25, 0.3) is 10.2 Å². The Labute approximate surface area is 177 Å². The number of hydrazine groups is 1. The molecule has 30 heavy (non-hydrogen) atoms. The highest BCUT2D eigenvalue weighted by molar-refractivity contribution is 7.18. The van der Waals surface area contributed by atoms with Crippen LogP contribution in [0.4, 0.5) is 4.79 Å². The smallest absolute Gasteiger partial charge is 0.322 e. The fourth-order valence-corrected chi connectivity index (χ4v) is 5.13. The Morgan fingerprint density at radius 3 is 2.70 bits per heavy atom. The maximum atomic E-state index is 12.8. The van der Waals surface area contributed by atoms with Crippen LogP contribution in [-0.4, -0.2) is 37.9 Å². The summed E-state index contributed by atoms with van der Waals surface area (Å²) in [5, 5.41) is 4.12. The standard InChI is InChI=1S/C20H25N5O4S/c1-11-4-7-20(8-5-11)18(28)25(19(29)22-20)23-14(26)6-9-24-10-21-16-15(17(24)27)12(2)13(3)30-16/h10-11H,4-9H2,1-3H3,(H,22,29)(H,23,26).